The minimum absolute atomic E-state index is 0.0825. The quantitative estimate of drug-likeness (QED) is 0.832. The molecule has 1 heterocycles. The Balaban J connectivity index is 1.67. The number of unbranched alkanes of at least 4 members (excludes halogenated alkanes) is 1. The second-order valence-electron chi connectivity index (χ2n) is 6.78. The van der Waals surface area contributed by atoms with Crippen LogP contribution in [0.1, 0.15) is 62.5 Å². The van der Waals surface area contributed by atoms with Crippen molar-refractivity contribution in [1.82, 2.24) is 4.98 Å². The van der Waals surface area contributed by atoms with Gasteiger partial charge in [0.2, 0.25) is 0 Å². The van der Waals surface area contributed by atoms with Gasteiger partial charge in [-0.3, -0.25) is 4.98 Å². The molecule has 3 rings (SSSR count). The van der Waals surface area contributed by atoms with E-state index in [0.29, 0.717) is 5.92 Å². The van der Waals surface area contributed by atoms with Gasteiger partial charge in [-0.2, -0.15) is 0 Å². The molecule has 2 heteroatoms. The van der Waals surface area contributed by atoms with Crippen molar-refractivity contribution in [2.45, 2.75) is 63.9 Å². The molecule has 1 aliphatic carbocycles. The molecular weight excluding hydrogens is 282 g/mol. The van der Waals surface area contributed by atoms with Crippen LogP contribution in [0.15, 0.2) is 42.6 Å². The van der Waals surface area contributed by atoms with Crippen LogP contribution in [0.5, 0.6) is 0 Å². The van der Waals surface area contributed by atoms with E-state index in [2.05, 4.69) is 48.3 Å². The van der Waals surface area contributed by atoms with Crippen molar-refractivity contribution in [3.63, 3.8) is 0 Å². The molecule has 1 aliphatic rings. The van der Waals surface area contributed by atoms with Crippen LogP contribution in [0.3, 0.4) is 0 Å². The van der Waals surface area contributed by atoms with Crippen LogP contribution in [0.4, 0.5) is 0 Å². The summed E-state index contributed by atoms with van der Waals surface area (Å²) in [5, 5.41) is 9.63. The number of rotatable bonds is 5. The summed E-state index contributed by atoms with van der Waals surface area (Å²) in [6.45, 7) is 2.22. The summed E-state index contributed by atoms with van der Waals surface area (Å²) < 4.78 is 0. The van der Waals surface area contributed by atoms with E-state index in [9.17, 15) is 5.11 Å². The Kier molecular flexibility index (Phi) is 5.45. The summed E-state index contributed by atoms with van der Waals surface area (Å²) in [6, 6.07) is 13.2. The first kappa shape index (κ1) is 16.2. The highest BCUT2D eigenvalue weighted by Crippen LogP contribution is 2.33. The van der Waals surface area contributed by atoms with Crippen molar-refractivity contribution in [3.8, 4) is 11.3 Å². The third kappa shape index (κ3) is 4.20. The van der Waals surface area contributed by atoms with Crippen LogP contribution in [0.2, 0.25) is 0 Å². The van der Waals surface area contributed by atoms with Crippen molar-refractivity contribution in [2.75, 3.05) is 0 Å². The molecule has 23 heavy (non-hydrogen) atoms. The zero-order valence-electron chi connectivity index (χ0n) is 14.0. The first-order chi connectivity index (χ1) is 11.3. The fourth-order valence-corrected chi connectivity index (χ4v) is 3.46. The second-order valence-corrected chi connectivity index (χ2v) is 6.78. The molecular formula is C21H27NO. The van der Waals surface area contributed by atoms with Gasteiger partial charge < -0.3 is 5.11 Å². The number of aromatic nitrogens is 1. The molecule has 0 aliphatic heterocycles. The number of aryl methyl sites for hydroxylation is 1. The molecule has 0 bridgehead atoms. The van der Waals surface area contributed by atoms with E-state index in [-0.39, 0.29) is 6.10 Å². The first-order valence-corrected chi connectivity index (χ1v) is 8.99. The minimum atomic E-state index is -0.0825. The Morgan fingerprint density at radius 3 is 2.35 bits per heavy atom. The largest absolute Gasteiger partial charge is 0.393 e. The summed E-state index contributed by atoms with van der Waals surface area (Å²) in [5.74, 6) is 0.608. The third-order valence-corrected chi connectivity index (χ3v) is 5.02. The van der Waals surface area contributed by atoms with Crippen molar-refractivity contribution in [1.29, 1.82) is 0 Å². The predicted molar refractivity (Wildman–Crippen MR) is 95.5 cm³/mol. The normalized spacial score (nSPS) is 21.3. The van der Waals surface area contributed by atoms with Gasteiger partial charge in [0, 0.05) is 11.8 Å². The van der Waals surface area contributed by atoms with E-state index in [1.807, 2.05) is 6.20 Å². The maximum Gasteiger partial charge on any atom is 0.0702 e. The third-order valence-electron chi connectivity index (χ3n) is 5.02. The molecule has 122 valence electrons. The number of aliphatic hydroxyl groups is 1. The Morgan fingerprint density at radius 2 is 1.74 bits per heavy atom. The second kappa shape index (κ2) is 7.74. The topological polar surface area (TPSA) is 33.1 Å². The van der Waals surface area contributed by atoms with Gasteiger partial charge in [-0.25, -0.2) is 0 Å². The van der Waals surface area contributed by atoms with Gasteiger partial charge in [0.1, 0.15) is 0 Å². The summed E-state index contributed by atoms with van der Waals surface area (Å²) in [7, 11) is 0. The van der Waals surface area contributed by atoms with E-state index in [0.717, 1.165) is 37.8 Å². The monoisotopic (exact) mass is 309 g/mol. The highest BCUT2D eigenvalue weighted by Gasteiger charge is 2.20. The van der Waals surface area contributed by atoms with Gasteiger partial charge in [-0.15, -0.1) is 0 Å². The number of aliphatic hydroxyl groups excluding tert-OH is 1. The Morgan fingerprint density at radius 1 is 1.00 bits per heavy atom. The zero-order valence-corrected chi connectivity index (χ0v) is 14.0. The molecule has 1 N–H and O–H groups in total. The molecule has 1 aromatic carbocycles. The van der Waals surface area contributed by atoms with E-state index in [1.165, 1.54) is 29.5 Å². The number of hydrogen-bond donors (Lipinski definition) is 1. The van der Waals surface area contributed by atoms with E-state index in [1.54, 1.807) is 0 Å². The lowest BCUT2D eigenvalue weighted by atomic mass is 9.82. The molecule has 2 nitrogen and oxygen atoms in total. The predicted octanol–water partition coefficient (Wildman–Crippen LogP) is 5.11. The Hall–Kier alpha value is -1.67. The van der Waals surface area contributed by atoms with Crippen molar-refractivity contribution in [2.24, 2.45) is 0 Å². The number of pyridine rings is 1. The van der Waals surface area contributed by atoms with Gasteiger partial charge in [-0.05, 0) is 61.6 Å². The molecule has 2 aromatic rings. The average molecular weight is 309 g/mol. The summed E-state index contributed by atoms with van der Waals surface area (Å²) in [6.07, 6.45) is 9.59. The molecule has 0 amide bonds. The summed E-state index contributed by atoms with van der Waals surface area (Å²) in [4.78, 5) is 4.62. The maximum absolute atomic E-state index is 9.63. The van der Waals surface area contributed by atoms with E-state index in [4.69, 9.17) is 0 Å². The fourth-order valence-electron chi connectivity index (χ4n) is 3.46. The highest BCUT2D eigenvalue weighted by atomic mass is 16.3. The Bertz CT molecular complexity index is 595. The maximum atomic E-state index is 9.63. The molecule has 1 aromatic heterocycles. The molecule has 0 spiro atoms. The van der Waals surface area contributed by atoms with Gasteiger partial charge in [0.05, 0.1) is 11.8 Å². The smallest absolute Gasteiger partial charge is 0.0702 e. The molecule has 0 atom stereocenters. The van der Waals surface area contributed by atoms with Crippen LogP contribution >= 0.6 is 0 Å². The fraction of sp³-hybridized carbons (Fsp3) is 0.476. The van der Waals surface area contributed by atoms with Crippen molar-refractivity contribution in [3.05, 3.63) is 53.7 Å². The number of hydrogen-bond acceptors (Lipinski definition) is 2. The summed E-state index contributed by atoms with van der Waals surface area (Å²) in [5.41, 5.74) is 4.97. The Labute approximate surface area is 139 Å². The van der Waals surface area contributed by atoms with Crippen LogP contribution in [0.25, 0.3) is 11.3 Å². The van der Waals surface area contributed by atoms with Crippen molar-refractivity contribution < 1.29 is 5.11 Å². The SMILES string of the molecule is CCCCc1ccc(-c2ccc(C3CCC(O)CC3)cc2)nc1. The van der Waals surface area contributed by atoms with E-state index >= 15 is 0 Å². The number of nitrogens with zero attached hydrogens (tertiary/aromatic N) is 1. The van der Waals surface area contributed by atoms with Crippen LogP contribution in [0, 0.1) is 0 Å². The van der Waals surface area contributed by atoms with Gasteiger partial charge in [-0.1, -0.05) is 43.7 Å². The summed E-state index contributed by atoms with van der Waals surface area (Å²) >= 11 is 0. The van der Waals surface area contributed by atoms with E-state index < -0.39 is 0 Å². The molecule has 0 saturated heterocycles. The standard InChI is InChI=1S/C21H27NO/c1-2-3-4-16-5-14-21(22-15-16)19-8-6-17(7-9-19)18-10-12-20(23)13-11-18/h5-9,14-15,18,20,23H,2-4,10-13H2,1H3. The van der Waals surface area contributed by atoms with Gasteiger partial charge in [0.15, 0.2) is 0 Å². The zero-order chi connectivity index (χ0) is 16.1. The molecule has 1 saturated carbocycles. The number of benzene rings is 1. The van der Waals surface area contributed by atoms with Gasteiger partial charge >= 0.3 is 0 Å². The highest BCUT2D eigenvalue weighted by molar-refractivity contribution is 5.59. The lowest BCUT2D eigenvalue weighted by molar-refractivity contribution is 0.122. The minimum Gasteiger partial charge on any atom is -0.393 e. The van der Waals surface area contributed by atoms with Crippen LogP contribution in [-0.4, -0.2) is 16.2 Å². The van der Waals surface area contributed by atoms with Crippen LogP contribution in [-0.2, 0) is 6.42 Å². The van der Waals surface area contributed by atoms with Crippen molar-refractivity contribution >= 4 is 0 Å². The first-order valence-electron chi connectivity index (χ1n) is 8.99. The average Bonchev–Trinajstić information content (AvgIpc) is 2.61. The molecule has 1 fully saturated rings. The molecule has 0 unspecified atom stereocenters. The molecule has 0 radical (unpaired) electrons. The van der Waals surface area contributed by atoms with Gasteiger partial charge in [0.25, 0.3) is 0 Å². The lowest BCUT2D eigenvalue weighted by Crippen LogP contribution is -2.16. The van der Waals surface area contributed by atoms with Crippen LogP contribution < -0.4 is 0 Å². The lowest BCUT2D eigenvalue weighted by Gasteiger charge is -2.25.